The molecule has 0 saturated heterocycles. The van der Waals surface area contributed by atoms with E-state index in [-0.39, 0.29) is 5.38 Å². The highest BCUT2D eigenvalue weighted by Gasteiger charge is 2.08. The van der Waals surface area contributed by atoms with Crippen molar-refractivity contribution in [1.82, 2.24) is 14.6 Å². The van der Waals surface area contributed by atoms with Crippen LogP contribution >= 0.6 is 11.6 Å². The molecule has 0 bridgehead atoms. The molecule has 2 aromatic rings. The van der Waals surface area contributed by atoms with Crippen molar-refractivity contribution in [1.29, 1.82) is 0 Å². The number of fused-ring (bicyclic) bond motifs is 1. The molecule has 0 radical (unpaired) electrons. The van der Waals surface area contributed by atoms with Crippen molar-refractivity contribution < 1.29 is 4.74 Å². The van der Waals surface area contributed by atoms with E-state index in [1.807, 2.05) is 19.2 Å². The number of alkyl halides is 1. The average Bonchev–Trinajstić information content (AvgIpc) is 2.67. The van der Waals surface area contributed by atoms with E-state index in [0.717, 1.165) is 17.0 Å². The quantitative estimate of drug-likeness (QED) is 0.826. The predicted molar refractivity (Wildman–Crippen MR) is 67.7 cm³/mol. The van der Waals surface area contributed by atoms with Crippen molar-refractivity contribution in [3.8, 4) is 0 Å². The Morgan fingerprint density at radius 2 is 2.41 bits per heavy atom. The third-order valence-corrected chi connectivity index (χ3v) is 2.63. The molecule has 5 nitrogen and oxygen atoms in total. The van der Waals surface area contributed by atoms with Gasteiger partial charge < -0.3 is 10.1 Å². The van der Waals surface area contributed by atoms with Gasteiger partial charge in [0.1, 0.15) is 5.52 Å². The lowest BCUT2D eigenvalue weighted by molar-refractivity contribution is 0.200. The average molecular weight is 255 g/mol. The van der Waals surface area contributed by atoms with Gasteiger partial charge in [0.2, 0.25) is 0 Å². The smallest absolute Gasteiger partial charge is 0.152 e. The monoisotopic (exact) mass is 254 g/mol. The van der Waals surface area contributed by atoms with E-state index in [1.165, 1.54) is 0 Å². The molecule has 0 fully saturated rings. The predicted octanol–water partition coefficient (Wildman–Crippen LogP) is 1.70. The van der Waals surface area contributed by atoms with E-state index < -0.39 is 0 Å². The second-order valence-corrected chi connectivity index (χ2v) is 4.44. The highest BCUT2D eigenvalue weighted by atomic mass is 35.5. The van der Waals surface area contributed by atoms with Crippen LogP contribution in [0.15, 0.2) is 18.5 Å². The molecule has 0 aromatic carbocycles. The minimum atomic E-state index is -0.0777. The molecule has 0 aliphatic rings. The lowest BCUT2D eigenvalue weighted by Gasteiger charge is -2.10. The number of halogens is 1. The Hall–Kier alpha value is -1.33. The fourth-order valence-electron chi connectivity index (χ4n) is 1.63. The molecular weight excluding hydrogens is 240 g/mol. The summed E-state index contributed by atoms with van der Waals surface area (Å²) in [5.41, 5.74) is 1.91. The first-order chi connectivity index (χ1) is 8.20. The summed E-state index contributed by atoms with van der Waals surface area (Å²) >= 11 is 6.05. The number of aromatic nitrogens is 3. The van der Waals surface area contributed by atoms with Crippen LogP contribution in [0, 0.1) is 6.92 Å². The third-order valence-electron chi connectivity index (χ3n) is 2.35. The Labute approximate surface area is 105 Å². The molecule has 0 aliphatic carbocycles. The Bertz CT molecular complexity index is 499. The second-order valence-electron chi connectivity index (χ2n) is 3.82. The van der Waals surface area contributed by atoms with Crippen LogP contribution in [0.25, 0.3) is 5.52 Å². The van der Waals surface area contributed by atoms with Gasteiger partial charge in [0.05, 0.1) is 17.7 Å². The molecule has 0 saturated carbocycles. The van der Waals surface area contributed by atoms with Gasteiger partial charge in [-0.25, -0.2) is 9.50 Å². The molecule has 0 spiro atoms. The summed E-state index contributed by atoms with van der Waals surface area (Å²) in [7, 11) is 1.63. The first-order valence-corrected chi connectivity index (χ1v) is 5.82. The van der Waals surface area contributed by atoms with Gasteiger partial charge in [-0.05, 0) is 13.0 Å². The molecule has 0 aliphatic heterocycles. The summed E-state index contributed by atoms with van der Waals surface area (Å²) in [6.07, 6.45) is 3.53. The SMILES string of the molecule is COCC(Cl)CNc1nccn2nc(C)cc12. The molecule has 2 rings (SSSR count). The maximum absolute atomic E-state index is 6.05. The van der Waals surface area contributed by atoms with Gasteiger partial charge in [-0.2, -0.15) is 5.10 Å². The molecule has 17 heavy (non-hydrogen) atoms. The lowest BCUT2D eigenvalue weighted by atomic mass is 10.4. The first kappa shape index (κ1) is 12.1. The molecular formula is C11H15ClN4O. The summed E-state index contributed by atoms with van der Waals surface area (Å²) in [4.78, 5) is 4.28. The van der Waals surface area contributed by atoms with E-state index in [0.29, 0.717) is 13.2 Å². The van der Waals surface area contributed by atoms with E-state index in [2.05, 4.69) is 15.4 Å². The molecule has 2 aromatic heterocycles. The van der Waals surface area contributed by atoms with Crippen LogP contribution in [0.4, 0.5) is 5.82 Å². The van der Waals surface area contributed by atoms with Crippen molar-refractivity contribution in [2.24, 2.45) is 0 Å². The zero-order valence-corrected chi connectivity index (χ0v) is 10.6. The number of rotatable bonds is 5. The normalized spacial score (nSPS) is 12.9. The van der Waals surface area contributed by atoms with Crippen LogP contribution in [0.1, 0.15) is 5.69 Å². The van der Waals surface area contributed by atoms with E-state index >= 15 is 0 Å². The summed E-state index contributed by atoms with van der Waals surface area (Å²) < 4.78 is 6.77. The van der Waals surface area contributed by atoms with Crippen molar-refractivity contribution in [3.05, 3.63) is 24.2 Å². The number of methoxy groups -OCH3 is 1. The molecule has 1 unspecified atom stereocenters. The molecule has 1 atom stereocenters. The summed E-state index contributed by atoms with van der Waals surface area (Å²) in [6.45, 7) is 3.06. The third kappa shape index (κ3) is 2.87. The minimum absolute atomic E-state index is 0.0777. The van der Waals surface area contributed by atoms with Crippen LogP contribution < -0.4 is 5.32 Å². The van der Waals surface area contributed by atoms with Crippen molar-refractivity contribution in [2.75, 3.05) is 25.6 Å². The van der Waals surface area contributed by atoms with E-state index in [4.69, 9.17) is 16.3 Å². The van der Waals surface area contributed by atoms with E-state index in [9.17, 15) is 0 Å². The van der Waals surface area contributed by atoms with Gasteiger partial charge in [-0.3, -0.25) is 0 Å². The van der Waals surface area contributed by atoms with Crippen LogP contribution in [-0.4, -0.2) is 40.2 Å². The maximum atomic E-state index is 6.05. The summed E-state index contributed by atoms with van der Waals surface area (Å²) in [5.74, 6) is 0.787. The standard InChI is InChI=1S/C11H15ClN4O/c1-8-5-10-11(13-3-4-16(10)15-8)14-6-9(12)7-17-2/h3-5,9H,6-7H2,1-2H3,(H,13,14). The van der Waals surface area contributed by atoms with Crippen molar-refractivity contribution in [2.45, 2.75) is 12.3 Å². The van der Waals surface area contributed by atoms with Crippen LogP contribution in [0.3, 0.4) is 0 Å². The Morgan fingerprint density at radius 1 is 1.59 bits per heavy atom. The van der Waals surface area contributed by atoms with Gasteiger partial charge in [0, 0.05) is 26.0 Å². The molecule has 6 heteroatoms. The van der Waals surface area contributed by atoms with Crippen LogP contribution in [0.5, 0.6) is 0 Å². The van der Waals surface area contributed by atoms with Gasteiger partial charge >= 0.3 is 0 Å². The number of anilines is 1. The minimum Gasteiger partial charge on any atom is -0.383 e. The summed E-state index contributed by atoms with van der Waals surface area (Å²) in [6, 6.07) is 1.98. The highest BCUT2D eigenvalue weighted by molar-refractivity contribution is 6.21. The van der Waals surface area contributed by atoms with Crippen molar-refractivity contribution >= 4 is 22.9 Å². The van der Waals surface area contributed by atoms with Gasteiger partial charge in [0.15, 0.2) is 5.82 Å². The molecule has 92 valence electrons. The Kier molecular flexibility index (Phi) is 3.81. The number of hydrogen-bond donors (Lipinski definition) is 1. The fraction of sp³-hybridized carbons (Fsp3) is 0.455. The lowest BCUT2D eigenvalue weighted by Crippen LogP contribution is -2.19. The fourth-order valence-corrected chi connectivity index (χ4v) is 1.83. The number of aryl methyl sites for hydroxylation is 1. The van der Waals surface area contributed by atoms with Crippen molar-refractivity contribution in [3.63, 3.8) is 0 Å². The number of ether oxygens (including phenoxy) is 1. The largest absolute Gasteiger partial charge is 0.383 e. The highest BCUT2D eigenvalue weighted by Crippen LogP contribution is 2.14. The van der Waals surface area contributed by atoms with Gasteiger partial charge in [-0.1, -0.05) is 0 Å². The van der Waals surface area contributed by atoms with Gasteiger partial charge in [0.25, 0.3) is 0 Å². The second kappa shape index (κ2) is 5.33. The molecule has 2 heterocycles. The maximum Gasteiger partial charge on any atom is 0.152 e. The Morgan fingerprint density at radius 3 is 3.18 bits per heavy atom. The van der Waals surface area contributed by atoms with E-state index in [1.54, 1.807) is 17.8 Å². The number of hydrogen-bond acceptors (Lipinski definition) is 4. The molecule has 1 N–H and O–H groups in total. The van der Waals surface area contributed by atoms with Gasteiger partial charge in [-0.15, -0.1) is 11.6 Å². The Balaban J connectivity index is 2.12. The zero-order valence-electron chi connectivity index (χ0n) is 9.85. The zero-order chi connectivity index (χ0) is 12.3. The topological polar surface area (TPSA) is 51.5 Å². The number of nitrogens with one attached hydrogen (secondary N) is 1. The number of nitrogens with zero attached hydrogens (tertiary/aromatic N) is 3. The summed E-state index contributed by atoms with van der Waals surface area (Å²) in [5, 5.41) is 7.44. The molecule has 0 amide bonds. The van der Waals surface area contributed by atoms with Crippen LogP contribution in [0.2, 0.25) is 0 Å². The van der Waals surface area contributed by atoms with Crippen LogP contribution in [-0.2, 0) is 4.74 Å². The first-order valence-electron chi connectivity index (χ1n) is 5.38.